The zero-order valence-corrected chi connectivity index (χ0v) is 16.8. The molecule has 0 aliphatic carbocycles. The molecule has 0 bridgehead atoms. The SMILES string of the molecule is CC(C)c1ccc(S(=O)(=O)NCc2ccc(C(=O)c3ccccc3)s2)cc1. The monoisotopic (exact) mass is 399 g/mol. The molecule has 2 aromatic carbocycles. The minimum atomic E-state index is -3.59. The second-order valence-electron chi connectivity index (χ2n) is 6.51. The van der Waals surface area contributed by atoms with Crippen LogP contribution in [0, 0.1) is 0 Å². The summed E-state index contributed by atoms with van der Waals surface area (Å²) in [5.41, 5.74) is 1.72. The van der Waals surface area contributed by atoms with Gasteiger partial charge < -0.3 is 0 Å². The van der Waals surface area contributed by atoms with E-state index in [4.69, 9.17) is 0 Å². The lowest BCUT2D eigenvalue weighted by Crippen LogP contribution is -2.22. The van der Waals surface area contributed by atoms with Gasteiger partial charge in [0, 0.05) is 17.0 Å². The van der Waals surface area contributed by atoms with Crippen molar-refractivity contribution in [2.45, 2.75) is 31.2 Å². The van der Waals surface area contributed by atoms with E-state index in [0.29, 0.717) is 16.4 Å². The molecule has 0 atom stereocenters. The van der Waals surface area contributed by atoms with Crippen molar-refractivity contribution in [3.8, 4) is 0 Å². The van der Waals surface area contributed by atoms with E-state index < -0.39 is 10.0 Å². The quantitative estimate of drug-likeness (QED) is 0.592. The van der Waals surface area contributed by atoms with Gasteiger partial charge in [0.1, 0.15) is 0 Å². The number of benzene rings is 2. The van der Waals surface area contributed by atoms with Gasteiger partial charge in [-0.1, -0.05) is 56.3 Å². The number of nitrogens with one attached hydrogen (secondary N) is 1. The maximum absolute atomic E-state index is 12.5. The second kappa shape index (κ2) is 8.17. The molecular formula is C21H21NO3S2. The summed E-state index contributed by atoms with van der Waals surface area (Å²) >= 11 is 1.30. The lowest BCUT2D eigenvalue weighted by atomic mass is 10.0. The molecule has 1 heterocycles. The van der Waals surface area contributed by atoms with Crippen LogP contribution in [0.15, 0.2) is 71.6 Å². The standard InChI is InChI=1S/C21H21NO3S2/c1-15(2)16-8-11-19(12-9-16)27(24,25)22-14-18-10-13-20(26-18)21(23)17-6-4-3-5-7-17/h3-13,15,22H,14H2,1-2H3. The molecule has 3 aromatic rings. The highest BCUT2D eigenvalue weighted by Crippen LogP contribution is 2.21. The van der Waals surface area contributed by atoms with Crippen molar-refractivity contribution >= 4 is 27.1 Å². The summed E-state index contributed by atoms with van der Waals surface area (Å²) in [6.07, 6.45) is 0. The summed E-state index contributed by atoms with van der Waals surface area (Å²) in [6, 6.07) is 19.5. The highest BCUT2D eigenvalue weighted by atomic mass is 32.2. The lowest BCUT2D eigenvalue weighted by molar-refractivity contribution is 0.104. The molecule has 0 aliphatic rings. The highest BCUT2D eigenvalue weighted by molar-refractivity contribution is 7.89. The van der Waals surface area contributed by atoms with Gasteiger partial charge in [0.05, 0.1) is 9.77 Å². The topological polar surface area (TPSA) is 63.2 Å². The zero-order chi connectivity index (χ0) is 19.4. The number of hydrogen-bond donors (Lipinski definition) is 1. The Morgan fingerprint density at radius 1 is 0.963 bits per heavy atom. The molecule has 0 fully saturated rings. The van der Waals surface area contributed by atoms with Crippen molar-refractivity contribution in [2.24, 2.45) is 0 Å². The van der Waals surface area contributed by atoms with E-state index in [1.165, 1.54) is 11.3 Å². The number of thiophene rings is 1. The summed E-state index contributed by atoms with van der Waals surface area (Å²) in [5, 5.41) is 0. The van der Waals surface area contributed by atoms with Crippen molar-refractivity contribution in [1.29, 1.82) is 0 Å². The van der Waals surface area contributed by atoms with Crippen LogP contribution in [0.5, 0.6) is 0 Å². The third-order valence-corrected chi connectivity index (χ3v) is 6.72. The van der Waals surface area contributed by atoms with Crippen LogP contribution in [0.4, 0.5) is 0 Å². The average molecular weight is 400 g/mol. The maximum Gasteiger partial charge on any atom is 0.240 e. The van der Waals surface area contributed by atoms with E-state index in [2.05, 4.69) is 18.6 Å². The number of sulfonamides is 1. The molecule has 0 saturated carbocycles. The summed E-state index contributed by atoms with van der Waals surface area (Å²) < 4.78 is 27.6. The Balaban J connectivity index is 1.68. The Morgan fingerprint density at radius 2 is 1.63 bits per heavy atom. The van der Waals surface area contributed by atoms with E-state index in [-0.39, 0.29) is 17.2 Å². The van der Waals surface area contributed by atoms with Crippen LogP contribution >= 0.6 is 11.3 Å². The Hall–Kier alpha value is -2.28. The molecule has 1 aromatic heterocycles. The summed E-state index contributed by atoms with van der Waals surface area (Å²) in [4.78, 5) is 14.1. The van der Waals surface area contributed by atoms with Crippen molar-refractivity contribution < 1.29 is 13.2 Å². The first-order chi connectivity index (χ1) is 12.9. The van der Waals surface area contributed by atoms with E-state index in [1.54, 1.807) is 36.4 Å². The number of carbonyl (C=O) groups excluding carboxylic acids is 1. The Morgan fingerprint density at radius 3 is 2.26 bits per heavy atom. The van der Waals surface area contributed by atoms with Gasteiger partial charge in [0.25, 0.3) is 0 Å². The van der Waals surface area contributed by atoms with Gasteiger partial charge >= 0.3 is 0 Å². The molecule has 1 N–H and O–H groups in total. The molecule has 0 radical (unpaired) electrons. The third kappa shape index (κ3) is 4.71. The van der Waals surface area contributed by atoms with E-state index in [0.717, 1.165) is 10.4 Å². The minimum Gasteiger partial charge on any atom is -0.288 e. The van der Waals surface area contributed by atoms with E-state index in [1.807, 2.05) is 30.3 Å². The fraction of sp³-hybridized carbons (Fsp3) is 0.190. The van der Waals surface area contributed by atoms with Crippen LogP contribution in [0.3, 0.4) is 0 Å². The van der Waals surface area contributed by atoms with Gasteiger partial charge in [-0.25, -0.2) is 13.1 Å². The van der Waals surface area contributed by atoms with E-state index >= 15 is 0 Å². The summed E-state index contributed by atoms with van der Waals surface area (Å²) in [5.74, 6) is 0.292. The predicted octanol–water partition coefficient (Wildman–Crippen LogP) is 4.58. The molecule has 4 nitrogen and oxygen atoms in total. The number of ketones is 1. The molecule has 0 aliphatic heterocycles. The number of carbonyl (C=O) groups is 1. The van der Waals surface area contributed by atoms with Crippen molar-refractivity contribution in [2.75, 3.05) is 0 Å². The van der Waals surface area contributed by atoms with Gasteiger partial charge in [0.15, 0.2) is 0 Å². The molecule has 27 heavy (non-hydrogen) atoms. The van der Waals surface area contributed by atoms with Crippen molar-refractivity contribution in [3.05, 3.63) is 87.6 Å². The molecule has 140 valence electrons. The van der Waals surface area contributed by atoms with Crippen molar-refractivity contribution in [3.63, 3.8) is 0 Å². The number of rotatable bonds is 7. The Bertz CT molecular complexity index is 1020. The zero-order valence-electron chi connectivity index (χ0n) is 15.2. The molecule has 0 spiro atoms. The first kappa shape index (κ1) is 19.5. The minimum absolute atomic E-state index is 0.0565. The normalized spacial score (nSPS) is 11.7. The third-order valence-electron chi connectivity index (χ3n) is 4.21. The average Bonchev–Trinajstić information content (AvgIpc) is 3.16. The van der Waals surface area contributed by atoms with Crippen LogP contribution in [0.25, 0.3) is 0 Å². The van der Waals surface area contributed by atoms with Crippen LogP contribution in [0.2, 0.25) is 0 Å². The first-order valence-electron chi connectivity index (χ1n) is 8.65. The smallest absolute Gasteiger partial charge is 0.240 e. The van der Waals surface area contributed by atoms with Crippen LogP contribution in [0.1, 0.15) is 45.4 Å². The highest BCUT2D eigenvalue weighted by Gasteiger charge is 2.16. The lowest BCUT2D eigenvalue weighted by Gasteiger charge is -2.08. The fourth-order valence-corrected chi connectivity index (χ4v) is 4.62. The molecule has 0 unspecified atom stereocenters. The fourth-order valence-electron chi connectivity index (χ4n) is 2.61. The maximum atomic E-state index is 12.5. The van der Waals surface area contributed by atoms with E-state index in [9.17, 15) is 13.2 Å². The summed E-state index contributed by atoms with van der Waals surface area (Å²) in [7, 11) is -3.59. The molecule has 0 amide bonds. The molecule has 0 saturated heterocycles. The van der Waals surface area contributed by atoms with Gasteiger partial charge in [-0.05, 0) is 35.7 Å². The molecule has 6 heteroatoms. The van der Waals surface area contributed by atoms with Crippen molar-refractivity contribution in [1.82, 2.24) is 4.72 Å². The molecule has 3 rings (SSSR count). The second-order valence-corrected chi connectivity index (χ2v) is 9.44. The van der Waals surface area contributed by atoms with Gasteiger partial charge in [-0.2, -0.15) is 0 Å². The first-order valence-corrected chi connectivity index (χ1v) is 10.9. The summed E-state index contributed by atoms with van der Waals surface area (Å²) in [6.45, 7) is 4.28. The Kier molecular flexibility index (Phi) is 5.89. The predicted molar refractivity (Wildman–Crippen MR) is 109 cm³/mol. The van der Waals surface area contributed by atoms with Crippen LogP contribution in [-0.4, -0.2) is 14.2 Å². The number of hydrogen-bond acceptors (Lipinski definition) is 4. The molecular weight excluding hydrogens is 378 g/mol. The van der Waals surface area contributed by atoms with Gasteiger partial charge in [-0.15, -0.1) is 11.3 Å². The Labute approximate surface area is 163 Å². The largest absolute Gasteiger partial charge is 0.288 e. The van der Waals surface area contributed by atoms with Gasteiger partial charge in [0.2, 0.25) is 15.8 Å². The van der Waals surface area contributed by atoms with Gasteiger partial charge in [-0.3, -0.25) is 4.79 Å². The van der Waals surface area contributed by atoms with Crippen LogP contribution < -0.4 is 4.72 Å². The van der Waals surface area contributed by atoms with Crippen LogP contribution in [-0.2, 0) is 16.6 Å².